The lowest BCUT2D eigenvalue weighted by Crippen LogP contribution is -2.56. The van der Waals surface area contributed by atoms with Crippen molar-refractivity contribution in [2.24, 2.45) is 0 Å². The first-order valence-corrected chi connectivity index (χ1v) is 9.58. The lowest BCUT2D eigenvalue weighted by molar-refractivity contribution is -0.308. The maximum absolute atomic E-state index is 12.8. The van der Waals surface area contributed by atoms with Gasteiger partial charge in [-0.3, -0.25) is 4.79 Å². The molecule has 1 aromatic rings. The maximum Gasteiger partial charge on any atom is 0.434 e. The van der Waals surface area contributed by atoms with E-state index in [-0.39, 0.29) is 38.3 Å². The van der Waals surface area contributed by atoms with Crippen LogP contribution in [0.5, 0.6) is 0 Å². The Labute approximate surface area is 173 Å². The molecule has 2 saturated heterocycles. The van der Waals surface area contributed by atoms with Crippen LogP contribution >= 0.6 is 0 Å². The zero-order chi connectivity index (χ0) is 22.9. The number of carbonyl (C=O) groups excluding carboxylic acids is 2. The summed E-state index contributed by atoms with van der Waals surface area (Å²) >= 11 is 0. The van der Waals surface area contributed by atoms with Crippen LogP contribution in [0.25, 0.3) is 0 Å². The van der Waals surface area contributed by atoms with Crippen molar-refractivity contribution < 1.29 is 40.7 Å². The van der Waals surface area contributed by atoms with Gasteiger partial charge in [0.25, 0.3) is 6.10 Å². The zero-order valence-corrected chi connectivity index (χ0v) is 16.2. The number of halogens is 6. The molecule has 0 unspecified atom stereocenters. The number of rotatable bonds is 3. The Morgan fingerprint density at radius 3 is 2.13 bits per heavy atom. The van der Waals surface area contributed by atoms with E-state index in [4.69, 9.17) is 0 Å². The van der Waals surface area contributed by atoms with Crippen LogP contribution < -0.4 is 0 Å². The summed E-state index contributed by atoms with van der Waals surface area (Å²) in [7, 11) is 0. The van der Waals surface area contributed by atoms with Gasteiger partial charge in [-0.05, 0) is 31.7 Å². The second kappa shape index (κ2) is 8.50. The molecule has 0 radical (unpaired) electrons. The van der Waals surface area contributed by atoms with Crippen molar-refractivity contribution >= 4 is 12.0 Å². The normalized spacial score (nSPS) is 19.2. The third-order valence-electron chi connectivity index (χ3n) is 5.59. The number of likely N-dealkylation sites (tertiary alicyclic amines) is 2. The molecule has 2 fully saturated rings. The molecular formula is C18H20F6N4O3. The minimum atomic E-state index is -5.76. The molecule has 0 bridgehead atoms. The fourth-order valence-corrected chi connectivity index (χ4v) is 4.10. The number of aromatic nitrogens is 2. The minimum absolute atomic E-state index is 0.0206. The van der Waals surface area contributed by atoms with Crippen LogP contribution in [0.3, 0.4) is 0 Å². The highest BCUT2D eigenvalue weighted by Gasteiger charge is 2.60. The van der Waals surface area contributed by atoms with Crippen molar-refractivity contribution in [2.45, 2.75) is 56.1 Å². The average molecular weight is 454 g/mol. The fourth-order valence-electron chi connectivity index (χ4n) is 4.10. The van der Waals surface area contributed by atoms with Gasteiger partial charge in [0.15, 0.2) is 0 Å². The van der Waals surface area contributed by atoms with Gasteiger partial charge < -0.3 is 14.5 Å². The quantitative estimate of drug-likeness (QED) is 0.657. The number of hydrogen-bond acceptors (Lipinski definition) is 5. The van der Waals surface area contributed by atoms with Crippen molar-refractivity contribution in [3.05, 3.63) is 24.3 Å². The van der Waals surface area contributed by atoms with Crippen molar-refractivity contribution in [1.82, 2.24) is 19.8 Å². The van der Waals surface area contributed by atoms with Crippen LogP contribution in [-0.4, -0.2) is 75.4 Å². The summed E-state index contributed by atoms with van der Waals surface area (Å²) in [4.78, 5) is 35.2. The standard InChI is InChI=1S/C18H20F6N4O3/c19-17(20,21)14(18(22,23)24)31-15(30)27-9-4-16(5-10-27)3-1-8-28(16)13(29)11-12-25-6-2-7-26-12/h2,6-7,14H,1,3-5,8-11H2. The van der Waals surface area contributed by atoms with E-state index < -0.39 is 30.1 Å². The molecule has 1 aromatic heterocycles. The monoisotopic (exact) mass is 454 g/mol. The highest BCUT2D eigenvalue weighted by Crippen LogP contribution is 2.40. The minimum Gasteiger partial charge on any atom is -0.426 e. The molecule has 0 aliphatic carbocycles. The molecule has 0 saturated carbocycles. The molecule has 3 rings (SSSR count). The summed E-state index contributed by atoms with van der Waals surface area (Å²) < 4.78 is 79.6. The van der Waals surface area contributed by atoms with Crippen LogP contribution in [0.15, 0.2) is 18.5 Å². The van der Waals surface area contributed by atoms with E-state index >= 15 is 0 Å². The fraction of sp³-hybridized carbons (Fsp3) is 0.667. The van der Waals surface area contributed by atoms with Gasteiger partial charge in [0, 0.05) is 37.6 Å². The Morgan fingerprint density at radius 1 is 1.00 bits per heavy atom. The number of piperidine rings is 1. The van der Waals surface area contributed by atoms with Gasteiger partial charge in [-0.15, -0.1) is 0 Å². The van der Waals surface area contributed by atoms with Gasteiger partial charge in [-0.25, -0.2) is 14.8 Å². The Balaban J connectivity index is 1.62. The summed E-state index contributed by atoms with van der Waals surface area (Å²) in [6.45, 7) is 0.236. The summed E-state index contributed by atoms with van der Waals surface area (Å²) in [6, 6.07) is 1.61. The second-order valence-corrected chi connectivity index (χ2v) is 7.55. The summed E-state index contributed by atoms with van der Waals surface area (Å²) in [5.41, 5.74) is -0.601. The average Bonchev–Trinajstić information content (AvgIpc) is 3.08. The molecule has 0 atom stereocenters. The molecule has 31 heavy (non-hydrogen) atoms. The van der Waals surface area contributed by atoms with Gasteiger partial charge >= 0.3 is 18.4 Å². The van der Waals surface area contributed by atoms with Crippen molar-refractivity contribution in [2.75, 3.05) is 19.6 Å². The van der Waals surface area contributed by atoms with E-state index in [0.717, 1.165) is 4.90 Å². The Kier molecular flexibility index (Phi) is 6.33. The number of nitrogens with zero attached hydrogens (tertiary/aromatic N) is 4. The van der Waals surface area contributed by atoms with Gasteiger partial charge in [0.05, 0.1) is 6.42 Å². The third-order valence-corrected chi connectivity index (χ3v) is 5.59. The van der Waals surface area contributed by atoms with E-state index in [9.17, 15) is 35.9 Å². The Hall–Kier alpha value is -2.60. The van der Waals surface area contributed by atoms with Gasteiger partial charge in [-0.1, -0.05) is 0 Å². The van der Waals surface area contributed by atoms with E-state index in [1.54, 1.807) is 11.0 Å². The number of ether oxygens (including phenoxy) is 1. The van der Waals surface area contributed by atoms with E-state index in [1.807, 2.05) is 0 Å². The van der Waals surface area contributed by atoms with Gasteiger partial charge in [0.2, 0.25) is 5.91 Å². The van der Waals surface area contributed by atoms with Crippen LogP contribution in [0.1, 0.15) is 31.5 Å². The highest BCUT2D eigenvalue weighted by atomic mass is 19.4. The van der Waals surface area contributed by atoms with Crippen LogP contribution in [0, 0.1) is 0 Å². The predicted octanol–water partition coefficient (Wildman–Crippen LogP) is 3.11. The Bertz CT molecular complexity index is 780. The smallest absolute Gasteiger partial charge is 0.426 e. The van der Waals surface area contributed by atoms with E-state index in [2.05, 4.69) is 14.7 Å². The summed E-state index contributed by atoms with van der Waals surface area (Å²) in [5.74, 6) is 0.134. The molecule has 13 heteroatoms. The first-order valence-electron chi connectivity index (χ1n) is 9.58. The molecule has 3 heterocycles. The third kappa shape index (κ3) is 5.18. The molecule has 7 nitrogen and oxygen atoms in total. The second-order valence-electron chi connectivity index (χ2n) is 7.55. The molecular weight excluding hydrogens is 434 g/mol. The molecule has 2 amide bonds. The largest absolute Gasteiger partial charge is 0.434 e. The molecule has 1 spiro atoms. The van der Waals surface area contributed by atoms with Crippen molar-refractivity contribution in [3.63, 3.8) is 0 Å². The molecule has 2 aliphatic rings. The number of amides is 2. The topological polar surface area (TPSA) is 75.6 Å². The number of hydrogen-bond donors (Lipinski definition) is 0. The molecule has 2 aliphatic heterocycles. The van der Waals surface area contributed by atoms with Crippen molar-refractivity contribution in [3.8, 4) is 0 Å². The van der Waals surface area contributed by atoms with E-state index in [1.165, 1.54) is 12.4 Å². The number of alkyl halides is 6. The highest BCUT2D eigenvalue weighted by molar-refractivity contribution is 5.79. The van der Waals surface area contributed by atoms with Crippen LogP contribution in [0.4, 0.5) is 31.1 Å². The first-order chi connectivity index (χ1) is 14.4. The van der Waals surface area contributed by atoms with Crippen molar-refractivity contribution in [1.29, 1.82) is 0 Å². The lowest BCUT2D eigenvalue weighted by Gasteiger charge is -2.44. The van der Waals surface area contributed by atoms with E-state index in [0.29, 0.717) is 25.2 Å². The maximum atomic E-state index is 12.8. The summed E-state index contributed by atoms with van der Waals surface area (Å²) in [5, 5.41) is 0. The van der Waals surface area contributed by atoms with Crippen LogP contribution in [-0.2, 0) is 16.0 Å². The van der Waals surface area contributed by atoms with Gasteiger partial charge in [0.1, 0.15) is 5.82 Å². The molecule has 0 aromatic carbocycles. The van der Waals surface area contributed by atoms with Crippen LogP contribution in [0.2, 0.25) is 0 Å². The summed E-state index contributed by atoms with van der Waals surface area (Å²) in [6.07, 6.45) is -12.6. The predicted molar refractivity (Wildman–Crippen MR) is 92.6 cm³/mol. The SMILES string of the molecule is O=C(OC(C(F)(F)F)C(F)(F)F)N1CCC2(CCCN2C(=O)Cc2ncccn2)CC1. The number of carbonyl (C=O) groups is 2. The Morgan fingerprint density at radius 2 is 1.58 bits per heavy atom. The van der Waals surface area contributed by atoms with Gasteiger partial charge in [-0.2, -0.15) is 26.3 Å². The molecule has 0 N–H and O–H groups in total. The molecule has 172 valence electrons. The zero-order valence-electron chi connectivity index (χ0n) is 16.2. The first kappa shape index (κ1) is 23.1. The lowest BCUT2D eigenvalue weighted by atomic mass is 9.85.